The third-order valence-corrected chi connectivity index (χ3v) is 7.34. The Morgan fingerprint density at radius 2 is 1.74 bits per heavy atom. The van der Waals surface area contributed by atoms with Gasteiger partial charge in [-0.1, -0.05) is 51.3 Å². The van der Waals surface area contributed by atoms with E-state index in [4.69, 9.17) is 23.4 Å². The van der Waals surface area contributed by atoms with Gasteiger partial charge in [-0.15, -0.1) is 4.89 Å². The van der Waals surface area contributed by atoms with E-state index in [0.717, 1.165) is 17.9 Å². The van der Waals surface area contributed by atoms with Gasteiger partial charge in [0.1, 0.15) is 11.5 Å². The number of amides is 4. The summed E-state index contributed by atoms with van der Waals surface area (Å²) >= 11 is 0. The van der Waals surface area contributed by atoms with Crippen LogP contribution < -0.4 is 25.2 Å². The van der Waals surface area contributed by atoms with Crippen molar-refractivity contribution in [3.63, 3.8) is 0 Å². The first-order chi connectivity index (χ1) is 22.7. The van der Waals surface area contributed by atoms with E-state index >= 15 is 0 Å². The van der Waals surface area contributed by atoms with Gasteiger partial charge in [0.05, 0.1) is 25.2 Å². The molecule has 0 spiro atoms. The minimum Gasteiger partial charge on any atom is -0.494 e. The number of nitrogens with zero attached hydrogens (tertiary/aromatic N) is 1. The smallest absolute Gasteiger partial charge is 0.494 e. The molecule has 252 valence electrons. The number of anilines is 1. The molecule has 1 heterocycles. The molecule has 47 heavy (non-hydrogen) atoms. The van der Waals surface area contributed by atoms with E-state index in [1.165, 1.54) is 18.2 Å². The number of carbonyl (C=O) groups is 4. The molecule has 3 aromatic rings. The number of hydrogen-bond acceptors (Lipinski definition) is 9. The van der Waals surface area contributed by atoms with Gasteiger partial charge in [0.2, 0.25) is 12.3 Å². The number of benzene rings is 2. The SMILES string of the molecule is CCCCCC(C(=O)NCNC(=O)c1ccc(-c2cc(OCC)cc(O[P+](=O)O)c2)o1)C(CC)N(C=O)OC(=O)Nc1ccccc1. The molecule has 1 aromatic heterocycles. The Morgan fingerprint density at radius 1 is 1.00 bits per heavy atom. The summed E-state index contributed by atoms with van der Waals surface area (Å²) in [5.74, 6) is -1.12. The molecule has 3 rings (SSSR count). The molecule has 0 fully saturated rings. The molecular weight excluding hydrogens is 631 g/mol. The second-order valence-corrected chi connectivity index (χ2v) is 10.9. The Balaban J connectivity index is 1.65. The molecule has 0 saturated carbocycles. The predicted octanol–water partition coefficient (Wildman–Crippen LogP) is 5.77. The molecular formula is C32H40N4O10P+. The number of furan rings is 1. The van der Waals surface area contributed by atoms with Gasteiger partial charge in [0.25, 0.3) is 5.91 Å². The first-order valence-corrected chi connectivity index (χ1v) is 16.4. The van der Waals surface area contributed by atoms with Gasteiger partial charge in [-0.2, -0.15) is 5.06 Å². The number of hydrogen-bond donors (Lipinski definition) is 4. The second kappa shape index (κ2) is 18.9. The van der Waals surface area contributed by atoms with Crippen LogP contribution in [0.4, 0.5) is 10.5 Å². The molecule has 3 atom stereocenters. The standard InChI is InChI=1S/C32H39N4O10P/c1-4-7-9-14-26(27(5-2)36(21-37)45-32(40)35-23-12-10-8-11-13-23)30(38)33-20-34-31(39)29-16-15-28(44-29)22-17-24(43-6-3)19-25(18-22)46-47(41)42/h8,10-13,15-19,21,26-27H,4-7,9,14,20H2,1-3H3,(H3-,33,34,35,38,39,40,41,42)/p+1. The molecule has 0 aliphatic carbocycles. The van der Waals surface area contributed by atoms with Crippen LogP contribution in [-0.2, 0) is 19.0 Å². The maximum Gasteiger partial charge on any atom is 0.747 e. The van der Waals surface area contributed by atoms with Crippen LogP contribution >= 0.6 is 8.25 Å². The molecule has 4 amide bonds. The number of rotatable bonds is 19. The zero-order valence-corrected chi connectivity index (χ0v) is 27.4. The number of hydroxylamine groups is 2. The molecule has 4 N–H and O–H groups in total. The monoisotopic (exact) mass is 671 g/mol. The average Bonchev–Trinajstić information content (AvgIpc) is 3.55. The number of unbranched alkanes of at least 4 members (excludes halogenated alkanes) is 2. The van der Waals surface area contributed by atoms with Gasteiger partial charge < -0.3 is 24.6 Å². The maximum absolute atomic E-state index is 13.4. The fraction of sp³-hybridized carbons (Fsp3) is 0.375. The van der Waals surface area contributed by atoms with Crippen molar-refractivity contribution in [3.8, 4) is 22.8 Å². The van der Waals surface area contributed by atoms with Gasteiger partial charge in [0, 0.05) is 21.9 Å². The van der Waals surface area contributed by atoms with E-state index in [2.05, 4.69) is 16.0 Å². The molecule has 14 nitrogen and oxygen atoms in total. The van der Waals surface area contributed by atoms with Gasteiger partial charge >= 0.3 is 14.3 Å². The van der Waals surface area contributed by atoms with Crippen LogP contribution in [-0.4, -0.2) is 53.6 Å². The Morgan fingerprint density at radius 3 is 2.40 bits per heavy atom. The van der Waals surface area contributed by atoms with Crippen molar-refractivity contribution < 1.29 is 47.2 Å². The summed E-state index contributed by atoms with van der Waals surface area (Å²) in [4.78, 5) is 65.2. The van der Waals surface area contributed by atoms with E-state index in [0.29, 0.717) is 49.3 Å². The van der Waals surface area contributed by atoms with E-state index < -0.39 is 38.1 Å². The summed E-state index contributed by atoms with van der Waals surface area (Å²) in [5, 5.41) is 8.67. The van der Waals surface area contributed by atoms with Crippen LogP contribution in [0.2, 0.25) is 0 Å². The van der Waals surface area contributed by atoms with E-state index in [1.807, 2.05) is 6.92 Å². The summed E-state index contributed by atoms with van der Waals surface area (Å²) in [7, 11) is -2.91. The molecule has 15 heteroatoms. The summed E-state index contributed by atoms with van der Waals surface area (Å²) in [5.41, 5.74) is 0.917. The highest BCUT2D eigenvalue weighted by Gasteiger charge is 2.33. The van der Waals surface area contributed by atoms with Crippen molar-refractivity contribution in [2.24, 2.45) is 5.92 Å². The lowest BCUT2D eigenvalue weighted by Crippen LogP contribution is -2.49. The Labute approximate surface area is 273 Å². The molecule has 0 saturated heterocycles. The highest BCUT2D eigenvalue weighted by Crippen LogP contribution is 2.34. The fourth-order valence-corrected chi connectivity index (χ4v) is 5.12. The molecule has 0 bridgehead atoms. The Kier molecular flexibility index (Phi) is 14.7. The third kappa shape index (κ3) is 11.4. The zero-order valence-electron chi connectivity index (χ0n) is 26.5. The van der Waals surface area contributed by atoms with E-state index in [9.17, 15) is 23.7 Å². The van der Waals surface area contributed by atoms with E-state index in [1.54, 1.807) is 56.3 Å². The third-order valence-electron chi connectivity index (χ3n) is 6.98. The molecule has 0 aliphatic heterocycles. The van der Waals surface area contributed by atoms with Gasteiger partial charge in [-0.05, 0) is 56.2 Å². The summed E-state index contributed by atoms with van der Waals surface area (Å²) in [6, 6.07) is 15.3. The van der Waals surface area contributed by atoms with Gasteiger partial charge in [-0.25, -0.2) is 9.32 Å². The highest BCUT2D eigenvalue weighted by atomic mass is 31.1. The van der Waals surface area contributed by atoms with Crippen molar-refractivity contribution in [2.75, 3.05) is 18.6 Å². The van der Waals surface area contributed by atoms with Crippen LogP contribution in [0.15, 0.2) is 65.1 Å². The topological polar surface area (TPSA) is 186 Å². The first-order valence-electron chi connectivity index (χ1n) is 15.2. The highest BCUT2D eigenvalue weighted by molar-refractivity contribution is 7.32. The first kappa shape index (κ1) is 36.5. The quantitative estimate of drug-likeness (QED) is 0.0401. The molecule has 0 radical (unpaired) electrons. The van der Waals surface area contributed by atoms with Crippen LogP contribution in [0, 0.1) is 5.92 Å². The van der Waals surface area contributed by atoms with Crippen LogP contribution in [0.3, 0.4) is 0 Å². The number of nitrogens with one attached hydrogen (secondary N) is 3. The zero-order chi connectivity index (χ0) is 34.2. The molecule has 2 aromatic carbocycles. The van der Waals surface area contributed by atoms with Crippen molar-refractivity contribution in [1.82, 2.24) is 15.7 Å². The van der Waals surface area contributed by atoms with Crippen molar-refractivity contribution in [1.29, 1.82) is 0 Å². The molecule has 0 aliphatic rings. The minimum absolute atomic E-state index is 0.0531. The minimum atomic E-state index is -2.91. The van der Waals surface area contributed by atoms with E-state index in [-0.39, 0.29) is 23.9 Å². The largest absolute Gasteiger partial charge is 0.747 e. The van der Waals surface area contributed by atoms with Crippen LogP contribution in [0.5, 0.6) is 11.5 Å². The number of carbonyl (C=O) groups excluding carboxylic acids is 4. The predicted molar refractivity (Wildman–Crippen MR) is 172 cm³/mol. The van der Waals surface area contributed by atoms with Crippen LogP contribution in [0.1, 0.15) is 63.4 Å². The van der Waals surface area contributed by atoms with Crippen molar-refractivity contribution >= 4 is 38.3 Å². The van der Waals surface area contributed by atoms with Crippen molar-refractivity contribution in [3.05, 3.63) is 66.4 Å². The number of para-hydroxylation sites is 1. The normalized spacial score (nSPS) is 12.2. The van der Waals surface area contributed by atoms with Gasteiger partial charge in [0.15, 0.2) is 11.5 Å². The summed E-state index contributed by atoms with van der Waals surface area (Å²) in [6.45, 7) is 5.68. The van der Waals surface area contributed by atoms with Crippen LogP contribution in [0.25, 0.3) is 11.3 Å². The lowest BCUT2D eigenvalue weighted by Gasteiger charge is -2.31. The molecule has 3 unspecified atom stereocenters. The summed E-state index contributed by atoms with van der Waals surface area (Å²) in [6.07, 6.45) is 2.68. The number of ether oxygens (including phenoxy) is 1. The van der Waals surface area contributed by atoms with Gasteiger partial charge in [-0.3, -0.25) is 19.7 Å². The fourth-order valence-electron chi connectivity index (χ4n) is 4.83. The Bertz CT molecular complexity index is 1500. The average molecular weight is 672 g/mol. The lowest BCUT2D eigenvalue weighted by molar-refractivity contribution is -0.167. The second-order valence-electron chi connectivity index (χ2n) is 10.3. The Hall–Kier alpha value is -4.94. The maximum atomic E-state index is 13.4. The van der Waals surface area contributed by atoms with Crippen molar-refractivity contribution in [2.45, 2.75) is 58.9 Å². The summed E-state index contributed by atoms with van der Waals surface area (Å²) < 4.78 is 27.3. The lowest BCUT2D eigenvalue weighted by atomic mass is 9.90.